The first kappa shape index (κ1) is 15.3. The fourth-order valence-electron chi connectivity index (χ4n) is 2.22. The molecule has 0 spiro atoms. The smallest absolute Gasteiger partial charge is 0.323 e. The molecular formula is C12H21N3O4. The summed E-state index contributed by atoms with van der Waals surface area (Å²) in [7, 11) is 1.60. The SMILES string of the molecule is CCN(CC(=O)O)C(=O)N1CCC(C(=O)NC)CC1. The van der Waals surface area contributed by atoms with Crippen LogP contribution in [-0.4, -0.2) is 66.0 Å². The molecule has 1 rings (SSSR count). The Hall–Kier alpha value is -1.79. The Balaban J connectivity index is 2.52. The second-order valence-electron chi connectivity index (χ2n) is 4.57. The number of carboxylic acids is 1. The van der Waals surface area contributed by atoms with Gasteiger partial charge in [0.15, 0.2) is 0 Å². The minimum atomic E-state index is -1.02. The average Bonchev–Trinajstić information content (AvgIpc) is 2.43. The zero-order valence-electron chi connectivity index (χ0n) is 11.4. The van der Waals surface area contributed by atoms with Gasteiger partial charge in [0.05, 0.1) is 0 Å². The standard InChI is InChI=1S/C12H21N3O4/c1-3-14(8-10(16)17)12(19)15-6-4-9(5-7-15)11(18)13-2/h9H,3-8H2,1-2H3,(H,13,18)(H,16,17). The fraction of sp³-hybridized carbons (Fsp3) is 0.750. The van der Waals surface area contributed by atoms with Gasteiger partial charge in [-0.1, -0.05) is 0 Å². The van der Waals surface area contributed by atoms with E-state index in [1.54, 1.807) is 18.9 Å². The van der Waals surface area contributed by atoms with Gasteiger partial charge in [-0.15, -0.1) is 0 Å². The first-order chi connectivity index (χ1) is 8.99. The van der Waals surface area contributed by atoms with Crippen molar-refractivity contribution in [3.8, 4) is 0 Å². The van der Waals surface area contributed by atoms with E-state index in [4.69, 9.17) is 5.11 Å². The van der Waals surface area contributed by atoms with Crippen LogP contribution in [0.4, 0.5) is 4.79 Å². The number of aliphatic carboxylic acids is 1. The molecule has 2 N–H and O–H groups in total. The number of rotatable bonds is 4. The maximum absolute atomic E-state index is 12.1. The van der Waals surface area contributed by atoms with Crippen molar-refractivity contribution < 1.29 is 19.5 Å². The van der Waals surface area contributed by atoms with Crippen LogP contribution in [0.15, 0.2) is 0 Å². The Bertz CT molecular complexity index is 351. The van der Waals surface area contributed by atoms with Crippen LogP contribution in [0.5, 0.6) is 0 Å². The van der Waals surface area contributed by atoms with Crippen molar-refractivity contribution >= 4 is 17.9 Å². The van der Waals surface area contributed by atoms with E-state index < -0.39 is 5.97 Å². The average molecular weight is 271 g/mol. The number of likely N-dealkylation sites (tertiary alicyclic amines) is 1. The number of hydrogen-bond acceptors (Lipinski definition) is 3. The third-order valence-corrected chi connectivity index (χ3v) is 3.36. The molecule has 0 aromatic heterocycles. The summed E-state index contributed by atoms with van der Waals surface area (Å²) in [4.78, 5) is 37.2. The number of carbonyl (C=O) groups excluding carboxylic acids is 2. The lowest BCUT2D eigenvalue weighted by atomic mass is 9.96. The molecule has 1 aliphatic heterocycles. The zero-order valence-corrected chi connectivity index (χ0v) is 11.4. The van der Waals surface area contributed by atoms with Crippen molar-refractivity contribution in [1.82, 2.24) is 15.1 Å². The number of nitrogens with one attached hydrogen (secondary N) is 1. The third kappa shape index (κ3) is 4.11. The van der Waals surface area contributed by atoms with Crippen molar-refractivity contribution in [3.63, 3.8) is 0 Å². The minimum Gasteiger partial charge on any atom is -0.480 e. The van der Waals surface area contributed by atoms with Crippen LogP contribution in [0, 0.1) is 5.92 Å². The van der Waals surface area contributed by atoms with Gasteiger partial charge in [0.2, 0.25) is 5.91 Å². The van der Waals surface area contributed by atoms with Gasteiger partial charge in [-0.05, 0) is 19.8 Å². The number of urea groups is 1. The number of likely N-dealkylation sites (N-methyl/N-ethyl adjacent to an activating group) is 1. The molecular weight excluding hydrogens is 250 g/mol. The number of carboxylic acid groups (broad SMARTS) is 1. The van der Waals surface area contributed by atoms with Crippen molar-refractivity contribution in [3.05, 3.63) is 0 Å². The van der Waals surface area contributed by atoms with E-state index in [9.17, 15) is 14.4 Å². The van der Waals surface area contributed by atoms with E-state index in [2.05, 4.69) is 5.32 Å². The number of piperidine rings is 1. The summed E-state index contributed by atoms with van der Waals surface area (Å²) >= 11 is 0. The molecule has 1 heterocycles. The number of nitrogens with zero attached hydrogens (tertiary/aromatic N) is 2. The van der Waals surface area contributed by atoms with Gasteiger partial charge in [0.25, 0.3) is 0 Å². The molecule has 0 aromatic carbocycles. The van der Waals surface area contributed by atoms with Gasteiger partial charge >= 0.3 is 12.0 Å². The van der Waals surface area contributed by atoms with Crippen molar-refractivity contribution in [2.75, 3.05) is 33.2 Å². The summed E-state index contributed by atoms with van der Waals surface area (Å²) in [5.41, 5.74) is 0. The van der Waals surface area contributed by atoms with Crippen LogP contribution < -0.4 is 5.32 Å². The molecule has 1 aliphatic rings. The van der Waals surface area contributed by atoms with Gasteiger partial charge in [-0.2, -0.15) is 0 Å². The van der Waals surface area contributed by atoms with Gasteiger partial charge in [-0.25, -0.2) is 4.79 Å². The van der Waals surface area contributed by atoms with Crippen LogP contribution in [-0.2, 0) is 9.59 Å². The second-order valence-corrected chi connectivity index (χ2v) is 4.57. The topological polar surface area (TPSA) is 90.0 Å². The monoisotopic (exact) mass is 271 g/mol. The molecule has 0 radical (unpaired) electrons. The molecule has 0 atom stereocenters. The molecule has 3 amide bonds. The summed E-state index contributed by atoms with van der Waals surface area (Å²) in [5, 5.41) is 11.4. The molecule has 0 bridgehead atoms. The van der Waals surface area contributed by atoms with E-state index in [0.29, 0.717) is 32.5 Å². The Morgan fingerprint density at radius 2 is 1.89 bits per heavy atom. The van der Waals surface area contributed by atoms with Gasteiger partial charge in [0.1, 0.15) is 6.54 Å². The molecule has 0 aromatic rings. The minimum absolute atomic E-state index is 0.00461. The van der Waals surface area contributed by atoms with E-state index in [1.807, 2.05) is 0 Å². The van der Waals surface area contributed by atoms with Crippen molar-refractivity contribution in [1.29, 1.82) is 0 Å². The number of carbonyl (C=O) groups is 3. The highest BCUT2D eigenvalue weighted by Gasteiger charge is 2.29. The van der Waals surface area contributed by atoms with Crippen LogP contribution in [0.25, 0.3) is 0 Å². The largest absolute Gasteiger partial charge is 0.480 e. The summed E-state index contributed by atoms with van der Waals surface area (Å²) in [6.07, 6.45) is 1.24. The summed E-state index contributed by atoms with van der Waals surface area (Å²) in [5.74, 6) is -1.07. The molecule has 1 saturated heterocycles. The lowest BCUT2D eigenvalue weighted by Gasteiger charge is -2.34. The van der Waals surface area contributed by atoms with Crippen LogP contribution in [0.2, 0.25) is 0 Å². The van der Waals surface area contributed by atoms with Gasteiger partial charge in [0, 0.05) is 32.6 Å². The molecule has 108 valence electrons. The molecule has 0 unspecified atom stereocenters. The summed E-state index contributed by atoms with van der Waals surface area (Å²) in [6, 6.07) is -0.264. The molecule has 19 heavy (non-hydrogen) atoms. The van der Waals surface area contributed by atoms with Crippen molar-refractivity contribution in [2.24, 2.45) is 5.92 Å². The maximum Gasteiger partial charge on any atom is 0.323 e. The summed E-state index contributed by atoms with van der Waals surface area (Å²) < 4.78 is 0. The Kier molecular flexibility index (Phi) is 5.59. The number of hydrogen-bond donors (Lipinski definition) is 2. The van der Waals surface area contributed by atoms with Crippen LogP contribution in [0.3, 0.4) is 0 Å². The Morgan fingerprint density at radius 1 is 1.32 bits per heavy atom. The number of amides is 3. The van der Waals surface area contributed by atoms with Gasteiger partial charge < -0.3 is 20.2 Å². The predicted molar refractivity (Wildman–Crippen MR) is 68.6 cm³/mol. The normalized spacial score (nSPS) is 16.0. The lowest BCUT2D eigenvalue weighted by Crippen LogP contribution is -2.49. The highest BCUT2D eigenvalue weighted by atomic mass is 16.4. The van der Waals surface area contributed by atoms with Crippen LogP contribution >= 0.6 is 0 Å². The highest BCUT2D eigenvalue weighted by Crippen LogP contribution is 2.18. The lowest BCUT2D eigenvalue weighted by molar-refractivity contribution is -0.137. The zero-order chi connectivity index (χ0) is 14.4. The second kappa shape index (κ2) is 6.96. The predicted octanol–water partition coefficient (Wildman–Crippen LogP) is -0.0291. The highest BCUT2D eigenvalue weighted by molar-refractivity contribution is 5.81. The Morgan fingerprint density at radius 3 is 2.32 bits per heavy atom. The first-order valence-corrected chi connectivity index (χ1v) is 6.46. The van der Waals surface area contributed by atoms with Crippen molar-refractivity contribution in [2.45, 2.75) is 19.8 Å². The van der Waals surface area contributed by atoms with Crippen LogP contribution in [0.1, 0.15) is 19.8 Å². The fourth-order valence-corrected chi connectivity index (χ4v) is 2.22. The molecule has 7 heteroatoms. The van der Waals surface area contributed by atoms with E-state index in [-0.39, 0.29) is 24.4 Å². The quantitative estimate of drug-likeness (QED) is 0.751. The maximum atomic E-state index is 12.1. The summed E-state index contributed by atoms with van der Waals surface area (Å²) in [6.45, 7) is 2.81. The van der Waals surface area contributed by atoms with E-state index in [1.165, 1.54) is 4.90 Å². The van der Waals surface area contributed by atoms with Gasteiger partial charge in [-0.3, -0.25) is 9.59 Å². The first-order valence-electron chi connectivity index (χ1n) is 6.46. The Labute approximate surface area is 112 Å². The van der Waals surface area contributed by atoms with E-state index >= 15 is 0 Å². The molecule has 0 aliphatic carbocycles. The van der Waals surface area contributed by atoms with E-state index in [0.717, 1.165) is 0 Å². The molecule has 0 saturated carbocycles. The molecule has 7 nitrogen and oxygen atoms in total. The third-order valence-electron chi connectivity index (χ3n) is 3.36. The molecule has 1 fully saturated rings.